The van der Waals surface area contributed by atoms with E-state index in [-0.39, 0.29) is 11.3 Å². The van der Waals surface area contributed by atoms with Gasteiger partial charge in [0.05, 0.1) is 16.6 Å². The Balaban J connectivity index is 2.05. The largest absolute Gasteiger partial charge is 0.489 e. The highest BCUT2D eigenvalue weighted by Crippen LogP contribution is 2.31. The third kappa shape index (κ3) is 3.69. The first-order chi connectivity index (χ1) is 9.08. The van der Waals surface area contributed by atoms with Crippen molar-refractivity contribution in [2.45, 2.75) is 32.1 Å². The molecule has 1 aromatic carbocycles. The van der Waals surface area contributed by atoms with Gasteiger partial charge in [0.2, 0.25) is 0 Å². The lowest BCUT2D eigenvalue weighted by Crippen LogP contribution is -2.16. The molecule has 0 atom stereocenters. The average Bonchev–Trinajstić information content (AvgIpc) is 2.38. The van der Waals surface area contributed by atoms with Crippen molar-refractivity contribution in [3.8, 4) is 5.75 Å². The van der Waals surface area contributed by atoms with Crippen LogP contribution < -0.4 is 4.74 Å². The summed E-state index contributed by atoms with van der Waals surface area (Å²) in [6, 6.07) is 2.35. The number of ether oxygens (including phenoxy) is 1. The number of aromatic carboxylic acids is 1. The third-order valence-corrected chi connectivity index (χ3v) is 4.02. The highest BCUT2D eigenvalue weighted by Gasteiger charge is 2.18. The SMILES string of the molecule is O=C(O)c1cc(F)c(OCC2CCCCC2)c(Br)c1. The lowest BCUT2D eigenvalue weighted by atomic mass is 9.90. The molecule has 1 saturated carbocycles. The number of hydrogen-bond donors (Lipinski definition) is 1. The van der Waals surface area contributed by atoms with Gasteiger partial charge in [-0.15, -0.1) is 0 Å². The van der Waals surface area contributed by atoms with E-state index in [0.29, 0.717) is 17.0 Å². The number of halogens is 2. The topological polar surface area (TPSA) is 46.5 Å². The van der Waals surface area contributed by atoms with E-state index < -0.39 is 11.8 Å². The molecule has 0 bridgehead atoms. The summed E-state index contributed by atoms with van der Waals surface area (Å²) in [5.74, 6) is -1.21. The maximum atomic E-state index is 13.8. The van der Waals surface area contributed by atoms with Gasteiger partial charge in [-0.25, -0.2) is 9.18 Å². The van der Waals surface area contributed by atoms with Crippen molar-refractivity contribution in [2.24, 2.45) is 5.92 Å². The number of hydrogen-bond acceptors (Lipinski definition) is 2. The quantitative estimate of drug-likeness (QED) is 0.897. The summed E-state index contributed by atoms with van der Waals surface area (Å²) >= 11 is 3.16. The Morgan fingerprint density at radius 2 is 2.05 bits per heavy atom. The van der Waals surface area contributed by atoms with Crippen molar-refractivity contribution in [2.75, 3.05) is 6.61 Å². The summed E-state index contributed by atoms with van der Waals surface area (Å²) in [5, 5.41) is 8.83. The molecule has 3 nitrogen and oxygen atoms in total. The molecule has 0 saturated heterocycles. The summed E-state index contributed by atoms with van der Waals surface area (Å²) in [4.78, 5) is 10.8. The van der Waals surface area contributed by atoms with Gasteiger partial charge in [-0.05, 0) is 46.8 Å². The van der Waals surface area contributed by atoms with Crippen LogP contribution in [0.25, 0.3) is 0 Å². The van der Waals surface area contributed by atoms with Crippen LogP contribution in [0.2, 0.25) is 0 Å². The fourth-order valence-corrected chi connectivity index (χ4v) is 2.93. The van der Waals surface area contributed by atoms with Crippen molar-refractivity contribution in [3.63, 3.8) is 0 Å². The summed E-state index contributed by atoms with van der Waals surface area (Å²) in [5.41, 5.74) is -0.0885. The predicted octanol–water partition coefficient (Wildman–Crippen LogP) is 4.25. The van der Waals surface area contributed by atoms with Gasteiger partial charge in [0.25, 0.3) is 0 Å². The molecule has 1 aliphatic rings. The van der Waals surface area contributed by atoms with Crippen molar-refractivity contribution >= 4 is 21.9 Å². The van der Waals surface area contributed by atoms with Gasteiger partial charge in [0.1, 0.15) is 0 Å². The molecular formula is C14H16BrFO3. The molecule has 0 radical (unpaired) electrons. The van der Waals surface area contributed by atoms with Crippen LogP contribution >= 0.6 is 15.9 Å². The molecule has 0 amide bonds. The van der Waals surface area contributed by atoms with Gasteiger partial charge in [-0.1, -0.05) is 19.3 Å². The summed E-state index contributed by atoms with van der Waals surface area (Å²) in [7, 11) is 0. The summed E-state index contributed by atoms with van der Waals surface area (Å²) in [6.07, 6.45) is 5.91. The molecule has 0 heterocycles. The molecule has 19 heavy (non-hydrogen) atoms. The van der Waals surface area contributed by atoms with Crippen molar-refractivity contribution in [1.82, 2.24) is 0 Å². The van der Waals surface area contributed by atoms with E-state index in [1.54, 1.807) is 0 Å². The summed E-state index contributed by atoms with van der Waals surface area (Å²) in [6.45, 7) is 0.488. The monoisotopic (exact) mass is 330 g/mol. The maximum absolute atomic E-state index is 13.8. The molecule has 5 heteroatoms. The van der Waals surface area contributed by atoms with Gasteiger partial charge < -0.3 is 9.84 Å². The molecule has 104 valence electrons. The van der Waals surface area contributed by atoms with E-state index in [4.69, 9.17) is 9.84 Å². The number of benzene rings is 1. The first-order valence-corrected chi connectivity index (χ1v) is 7.22. The Labute approximate surface area is 119 Å². The Kier molecular flexibility index (Phi) is 4.80. The Bertz CT molecular complexity index is 447. The minimum atomic E-state index is -1.15. The van der Waals surface area contributed by atoms with E-state index in [0.717, 1.165) is 18.9 Å². The second-order valence-corrected chi connectivity index (χ2v) is 5.74. The molecule has 0 unspecified atom stereocenters. The van der Waals surface area contributed by atoms with Gasteiger partial charge in [-0.2, -0.15) is 0 Å². The van der Waals surface area contributed by atoms with E-state index in [9.17, 15) is 9.18 Å². The van der Waals surface area contributed by atoms with Crippen LogP contribution in [0.4, 0.5) is 4.39 Å². The Morgan fingerprint density at radius 1 is 1.37 bits per heavy atom. The van der Waals surface area contributed by atoms with E-state index in [2.05, 4.69) is 15.9 Å². The lowest BCUT2D eigenvalue weighted by molar-refractivity contribution is 0.0696. The molecule has 1 fully saturated rings. The fraction of sp³-hybridized carbons (Fsp3) is 0.500. The van der Waals surface area contributed by atoms with Crippen LogP contribution in [-0.2, 0) is 0 Å². The van der Waals surface area contributed by atoms with Gasteiger partial charge >= 0.3 is 5.97 Å². The van der Waals surface area contributed by atoms with Gasteiger partial charge in [0, 0.05) is 0 Å². The molecule has 1 N–H and O–H groups in total. The van der Waals surface area contributed by atoms with Crippen molar-refractivity contribution < 1.29 is 19.0 Å². The molecule has 0 aromatic heterocycles. The van der Waals surface area contributed by atoms with Crippen LogP contribution in [0.1, 0.15) is 42.5 Å². The molecule has 0 aliphatic heterocycles. The van der Waals surface area contributed by atoms with Crippen LogP contribution in [0.3, 0.4) is 0 Å². The molecule has 0 spiro atoms. The molecule has 1 aromatic rings. The van der Waals surface area contributed by atoms with Crippen molar-refractivity contribution in [3.05, 3.63) is 28.0 Å². The second-order valence-electron chi connectivity index (χ2n) is 4.89. The molecular weight excluding hydrogens is 315 g/mol. The minimum absolute atomic E-state index is 0.0885. The molecule has 1 aliphatic carbocycles. The maximum Gasteiger partial charge on any atom is 0.335 e. The van der Waals surface area contributed by atoms with Gasteiger partial charge in [-0.3, -0.25) is 0 Å². The van der Waals surface area contributed by atoms with Gasteiger partial charge in [0.15, 0.2) is 11.6 Å². The zero-order valence-electron chi connectivity index (χ0n) is 10.5. The number of carboxylic acid groups (broad SMARTS) is 1. The highest BCUT2D eigenvalue weighted by atomic mass is 79.9. The molecule has 2 rings (SSSR count). The third-order valence-electron chi connectivity index (χ3n) is 3.43. The first-order valence-electron chi connectivity index (χ1n) is 6.43. The van der Waals surface area contributed by atoms with Crippen LogP contribution in [0.15, 0.2) is 16.6 Å². The zero-order valence-corrected chi connectivity index (χ0v) is 12.1. The number of carboxylic acids is 1. The lowest BCUT2D eigenvalue weighted by Gasteiger charge is -2.22. The number of carbonyl (C=O) groups is 1. The Hall–Kier alpha value is -1.10. The summed E-state index contributed by atoms with van der Waals surface area (Å²) < 4.78 is 19.7. The van der Waals surface area contributed by atoms with Crippen LogP contribution in [0.5, 0.6) is 5.75 Å². The van der Waals surface area contributed by atoms with E-state index in [1.165, 1.54) is 25.3 Å². The second kappa shape index (κ2) is 6.37. The minimum Gasteiger partial charge on any atom is -0.489 e. The highest BCUT2D eigenvalue weighted by molar-refractivity contribution is 9.10. The van der Waals surface area contributed by atoms with Crippen LogP contribution in [-0.4, -0.2) is 17.7 Å². The Morgan fingerprint density at radius 3 is 2.63 bits per heavy atom. The normalized spacial score (nSPS) is 16.3. The first kappa shape index (κ1) is 14.3. The van der Waals surface area contributed by atoms with E-state index in [1.807, 2.05) is 0 Å². The number of rotatable bonds is 4. The fourth-order valence-electron chi connectivity index (χ4n) is 2.38. The zero-order chi connectivity index (χ0) is 13.8. The standard InChI is InChI=1S/C14H16BrFO3/c15-11-6-10(14(17)18)7-12(16)13(11)19-8-9-4-2-1-3-5-9/h6-7,9H,1-5,8H2,(H,17,18). The van der Waals surface area contributed by atoms with E-state index >= 15 is 0 Å². The predicted molar refractivity (Wildman–Crippen MR) is 73.1 cm³/mol. The van der Waals surface area contributed by atoms with Crippen LogP contribution in [0, 0.1) is 11.7 Å². The van der Waals surface area contributed by atoms with Crippen molar-refractivity contribution in [1.29, 1.82) is 0 Å². The average molecular weight is 331 g/mol. The smallest absolute Gasteiger partial charge is 0.335 e.